The zero-order chi connectivity index (χ0) is 12.3. The zero-order valence-corrected chi connectivity index (χ0v) is 12.2. The molecule has 1 saturated carbocycles. The molecule has 1 aliphatic carbocycles. The van der Waals surface area contributed by atoms with Crippen molar-refractivity contribution in [2.24, 2.45) is 0 Å². The number of anilines is 1. The third-order valence-electron chi connectivity index (χ3n) is 3.14. The Morgan fingerprint density at radius 2 is 1.88 bits per heavy atom. The summed E-state index contributed by atoms with van der Waals surface area (Å²) in [6, 6.07) is 11.1. The van der Waals surface area contributed by atoms with Crippen molar-refractivity contribution in [3.05, 3.63) is 41.6 Å². The average Bonchev–Trinajstić information content (AvgIpc) is 2.65. The highest BCUT2D eigenvalue weighted by molar-refractivity contribution is 6.81. The fraction of sp³-hybridized carbons (Fsp3) is 0.467. The van der Waals surface area contributed by atoms with Gasteiger partial charge in [-0.05, 0) is 31.4 Å². The van der Waals surface area contributed by atoms with E-state index in [-0.39, 0.29) is 0 Å². The van der Waals surface area contributed by atoms with Gasteiger partial charge in [-0.15, -0.1) is 0 Å². The summed E-state index contributed by atoms with van der Waals surface area (Å²) in [5.41, 5.74) is 5.48. The van der Waals surface area contributed by atoms with Gasteiger partial charge in [0.2, 0.25) is 0 Å². The molecule has 0 aromatic heterocycles. The second kappa shape index (κ2) is 5.09. The van der Waals surface area contributed by atoms with Crippen LogP contribution in [-0.4, -0.2) is 14.1 Å². The number of hydrogen-bond acceptors (Lipinski definition) is 1. The van der Waals surface area contributed by atoms with E-state index >= 15 is 0 Å². The lowest BCUT2D eigenvalue weighted by Crippen LogP contribution is -2.22. The highest BCUT2D eigenvalue weighted by atomic mass is 28.3. The van der Waals surface area contributed by atoms with Crippen molar-refractivity contribution in [3.63, 3.8) is 0 Å². The largest absolute Gasteiger partial charge is 0.379 e. The average molecular weight is 245 g/mol. The standard InChI is InChI=1S/C15H23NSi/c1-17(2,3)12-13-8-7-11-15(13)16-14-9-5-4-6-10-14/h4-6,9-10,12,15-16H,7-8,11H2,1-3H3. The van der Waals surface area contributed by atoms with Gasteiger partial charge in [0.25, 0.3) is 0 Å². The molecule has 17 heavy (non-hydrogen) atoms. The van der Waals surface area contributed by atoms with E-state index in [0.717, 1.165) is 0 Å². The van der Waals surface area contributed by atoms with Gasteiger partial charge in [0, 0.05) is 11.7 Å². The van der Waals surface area contributed by atoms with Crippen LogP contribution in [0.5, 0.6) is 0 Å². The Balaban J connectivity index is 2.08. The van der Waals surface area contributed by atoms with Crippen molar-refractivity contribution in [1.29, 1.82) is 0 Å². The molecule has 2 heteroatoms. The SMILES string of the molecule is C[Si](C)(C)C=C1CCCC1Nc1ccccc1. The van der Waals surface area contributed by atoms with E-state index in [1.54, 1.807) is 5.57 Å². The van der Waals surface area contributed by atoms with Crippen LogP contribution in [0.25, 0.3) is 0 Å². The Hall–Kier alpha value is -1.02. The van der Waals surface area contributed by atoms with Gasteiger partial charge in [-0.2, -0.15) is 0 Å². The molecule has 0 spiro atoms. The lowest BCUT2D eigenvalue weighted by molar-refractivity contribution is 0.815. The van der Waals surface area contributed by atoms with Gasteiger partial charge in [-0.3, -0.25) is 0 Å². The Labute approximate surface area is 106 Å². The van der Waals surface area contributed by atoms with Crippen LogP contribution >= 0.6 is 0 Å². The molecule has 0 aliphatic heterocycles. The molecule has 2 rings (SSSR count). The van der Waals surface area contributed by atoms with Crippen LogP contribution in [0.4, 0.5) is 5.69 Å². The van der Waals surface area contributed by atoms with Crippen LogP contribution in [-0.2, 0) is 0 Å². The lowest BCUT2D eigenvalue weighted by Gasteiger charge is -2.19. The van der Waals surface area contributed by atoms with Crippen molar-refractivity contribution >= 4 is 13.8 Å². The minimum Gasteiger partial charge on any atom is -0.379 e. The Morgan fingerprint density at radius 1 is 1.18 bits per heavy atom. The Morgan fingerprint density at radius 3 is 2.53 bits per heavy atom. The van der Waals surface area contributed by atoms with E-state index in [1.807, 2.05) is 0 Å². The van der Waals surface area contributed by atoms with Crippen LogP contribution in [0.1, 0.15) is 19.3 Å². The predicted octanol–water partition coefficient (Wildman–Crippen LogP) is 4.45. The molecule has 0 heterocycles. The number of nitrogens with one attached hydrogen (secondary N) is 1. The molecular weight excluding hydrogens is 222 g/mol. The fourth-order valence-electron chi connectivity index (χ4n) is 2.50. The molecule has 1 atom stereocenters. The summed E-state index contributed by atoms with van der Waals surface area (Å²) in [7, 11) is -1.08. The maximum Gasteiger partial charge on any atom is 0.0687 e. The third kappa shape index (κ3) is 3.74. The summed E-state index contributed by atoms with van der Waals surface area (Å²) in [5, 5.41) is 3.67. The van der Waals surface area contributed by atoms with E-state index < -0.39 is 8.07 Å². The van der Waals surface area contributed by atoms with Gasteiger partial charge in [-0.25, -0.2) is 0 Å². The lowest BCUT2D eigenvalue weighted by atomic mass is 10.1. The van der Waals surface area contributed by atoms with Gasteiger partial charge in [-0.1, -0.05) is 49.1 Å². The summed E-state index contributed by atoms with van der Waals surface area (Å²) < 4.78 is 0. The molecule has 1 aromatic carbocycles. The summed E-state index contributed by atoms with van der Waals surface area (Å²) in [6.07, 6.45) is 3.90. The molecule has 0 amide bonds. The van der Waals surface area contributed by atoms with Crippen molar-refractivity contribution in [2.75, 3.05) is 5.32 Å². The number of benzene rings is 1. The van der Waals surface area contributed by atoms with Gasteiger partial charge in [0.15, 0.2) is 0 Å². The normalized spacial score (nSPS) is 23.0. The molecule has 1 N–H and O–H groups in total. The van der Waals surface area contributed by atoms with Crippen LogP contribution in [0.3, 0.4) is 0 Å². The Bertz CT molecular complexity index is 389. The fourth-order valence-corrected chi connectivity index (χ4v) is 3.96. The third-order valence-corrected chi connectivity index (χ3v) is 4.38. The van der Waals surface area contributed by atoms with E-state index in [1.165, 1.54) is 24.9 Å². The smallest absolute Gasteiger partial charge is 0.0687 e. The van der Waals surface area contributed by atoms with Crippen molar-refractivity contribution in [2.45, 2.75) is 44.9 Å². The molecule has 1 nitrogen and oxygen atoms in total. The van der Waals surface area contributed by atoms with Gasteiger partial charge in [0.05, 0.1) is 8.07 Å². The summed E-state index contributed by atoms with van der Waals surface area (Å²) in [6.45, 7) is 7.24. The molecule has 1 unspecified atom stereocenters. The highest BCUT2D eigenvalue weighted by Crippen LogP contribution is 2.29. The molecule has 92 valence electrons. The maximum absolute atomic E-state index is 3.67. The van der Waals surface area contributed by atoms with Crippen LogP contribution in [0, 0.1) is 0 Å². The predicted molar refractivity (Wildman–Crippen MR) is 79.1 cm³/mol. The molecule has 0 bridgehead atoms. The van der Waals surface area contributed by atoms with Gasteiger partial charge >= 0.3 is 0 Å². The molecule has 1 aliphatic rings. The van der Waals surface area contributed by atoms with Gasteiger partial charge in [0.1, 0.15) is 0 Å². The molecule has 1 fully saturated rings. The minimum atomic E-state index is -1.08. The van der Waals surface area contributed by atoms with E-state index in [4.69, 9.17) is 0 Å². The summed E-state index contributed by atoms with van der Waals surface area (Å²) in [5.74, 6) is 0. The number of rotatable bonds is 3. The van der Waals surface area contributed by atoms with Gasteiger partial charge < -0.3 is 5.32 Å². The topological polar surface area (TPSA) is 12.0 Å². The quantitative estimate of drug-likeness (QED) is 0.776. The molecule has 1 aromatic rings. The second-order valence-electron chi connectivity index (χ2n) is 6.04. The molecule has 0 saturated heterocycles. The van der Waals surface area contributed by atoms with E-state index in [2.05, 4.69) is 61.0 Å². The van der Waals surface area contributed by atoms with E-state index in [9.17, 15) is 0 Å². The summed E-state index contributed by atoms with van der Waals surface area (Å²) >= 11 is 0. The van der Waals surface area contributed by atoms with Crippen LogP contribution < -0.4 is 5.32 Å². The minimum absolute atomic E-state index is 0.573. The number of para-hydroxylation sites is 1. The monoisotopic (exact) mass is 245 g/mol. The first-order chi connectivity index (χ1) is 8.04. The first-order valence-electron chi connectivity index (χ1n) is 6.58. The van der Waals surface area contributed by atoms with Crippen LogP contribution in [0.2, 0.25) is 19.6 Å². The molecule has 0 radical (unpaired) electrons. The molecular formula is C15H23NSi. The number of hydrogen-bond donors (Lipinski definition) is 1. The first kappa shape index (κ1) is 12.4. The van der Waals surface area contributed by atoms with Crippen molar-refractivity contribution in [1.82, 2.24) is 0 Å². The van der Waals surface area contributed by atoms with E-state index in [0.29, 0.717) is 6.04 Å². The van der Waals surface area contributed by atoms with Crippen LogP contribution in [0.15, 0.2) is 41.6 Å². The van der Waals surface area contributed by atoms with Crippen molar-refractivity contribution < 1.29 is 0 Å². The zero-order valence-electron chi connectivity index (χ0n) is 11.2. The second-order valence-corrected chi connectivity index (χ2v) is 11.1. The Kier molecular flexibility index (Phi) is 3.72. The highest BCUT2D eigenvalue weighted by Gasteiger charge is 2.23. The maximum atomic E-state index is 3.67. The van der Waals surface area contributed by atoms with Crippen molar-refractivity contribution in [3.8, 4) is 0 Å². The first-order valence-corrected chi connectivity index (χ1v) is 10.2. The summed E-state index contributed by atoms with van der Waals surface area (Å²) in [4.78, 5) is 0.